The highest BCUT2D eigenvalue weighted by molar-refractivity contribution is 6.00. The van der Waals surface area contributed by atoms with E-state index in [9.17, 15) is 4.79 Å². The molecule has 53 heavy (non-hydrogen) atoms. The van der Waals surface area contributed by atoms with Crippen LogP contribution in [-0.2, 0) is 4.79 Å². The number of aromatic nitrogens is 4. The van der Waals surface area contributed by atoms with E-state index in [1.165, 1.54) is 0 Å². The van der Waals surface area contributed by atoms with Gasteiger partial charge in [0, 0.05) is 56.4 Å². The molecule has 0 saturated carbocycles. The molecule has 0 spiro atoms. The molecule has 0 fully saturated rings. The largest absolute Gasteiger partial charge is 0.354 e. The van der Waals surface area contributed by atoms with E-state index in [-0.39, 0.29) is 5.91 Å². The van der Waals surface area contributed by atoms with Gasteiger partial charge in [0.2, 0.25) is 5.91 Å². The Morgan fingerprint density at radius 3 is 1.09 bits per heavy atom. The third-order valence-electron chi connectivity index (χ3n) is 9.72. The number of amides is 1. The molecule has 2 aliphatic heterocycles. The molecule has 2 aliphatic rings. The minimum Gasteiger partial charge on any atom is -0.354 e. The molecule has 3 N–H and O–H groups in total. The zero-order valence-corrected chi connectivity index (χ0v) is 29.1. The van der Waals surface area contributed by atoms with Gasteiger partial charge in [0.25, 0.3) is 0 Å². The summed E-state index contributed by atoms with van der Waals surface area (Å²) in [6.45, 7) is 1.85. The van der Waals surface area contributed by atoms with E-state index < -0.39 is 0 Å². The summed E-state index contributed by atoms with van der Waals surface area (Å²) in [7, 11) is 0. The second-order valence-electron chi connectivity index (χ2n) is 13.1. The van der Waals surface area contributed by atoms with Crippen molar-refractivity contribution in [2.75, 3.05) is 5.32 Å². The molecule has 1 amide bonds. The average molecular weight is 686 g/mol. The number of hydrogen-bond donors (Lipinski definition) is 3. The van der Waals surface area contributed by atoms with Gasteiger partial charge in [-0.05, 0) is 83.0 Å². The summed E-state index contributed by atoms with van der Waals surface area (Å²) >= 11 is 0. The summed E-state index contributed by atoms with van der Waals surface area (Å²) in [6, 6.07) is 47.8. The molecule has 254 valence electrons. The highest BCUT2D eigenvalue weighted by Gasteiger charge is 2.19. The van der Waals surface area contributed by atoms with Crippen molar-refractivity contribution in [3.05, 3.63) is 162 Å². The van der Waals surface area contributed by atoms with Gasteiger partial charge < -0.3 is 15.3 Å². The van der Waals surface area contributed by atoms with Crippen LogP contribution in [0.1, 0.15) is 36.1 Å². The maximum atomic E-state index is 12.2. The molecule has 0 unspecified atom stereocenters. The summed E-state index contributed by atoms with van der Waals surface area (Å²) in [5.74, 6) is -0.0235. The van der Waals surface area contributed by atoms with Crippen molar-refractivity contribution in [3.8, 4) is 44.5 Å². The quantitative estimate of drug-likeness (QED) is 0.163. The van der Waals surface area contributed by atoms with Crippen molar-refractivity contribution < 1.29 is 4.79 Å². The van der Waals surface area contributed by atoms with Crippen molar-refractivity contribution in [2.45, 2.75) is 13.3 Å². The van der Waals surface area contributed by atoms with Crippen molar-refractivity contribution in [1.82, 2.24) is 19.9 Å². The van der Waals surface area contributed by atoms with Crippen LogP contribution in [0, 0.1) is 0 Å². The lowest BCUT2D eigenvalue weighted by Gasteiger charge is -2.08. The monoisotopic (exact) mass is 685 g/mol. The van der Waals surface area contributed by atoms with Crippen LogP contribution in [0.15, 0.2) is 140 Å². The van der Waals surface area contributed by atoms with E-state index in [4.69, 9.17) is 9.97 Å². The lowest BCUT2D eigenvalue weighted by molar-refractivity contribution is -0.115. The maximum absolute atomic E-state index is 12.2. The summed E-state index contributed by atoms with van der Waals surface area (Å²) in [4.78, 5) is 30.5. The average Bonchev–Trinajstić information content (AvgIpc) is 4.05. The van der Waals surface area contributed by atoms with E-state index in [1.54, 1.807) is 0 Å². The Balaban J connectivity index is 1.42. The van der Waals surface area contributed by atoms with Gasteiger partial charge >= 0.3 is 0 Å². The predicted molar refractivity (Wildman–Crippen MR) is 220 cm³/mol. The minimum atomic E-state index is -0.0235. The van der Waals surface area contributed by atoms with Gasteiger partial charge in [-0.1, -0.05) is 110 Å². The molecule has 3 aromatic heterocycles. The second-order valence-corrected chi connectivity index (χ2v) is 13.1. The van der Waals surface area contributed by atoms with Crippen LogP contribution in [0.5, 0.6) is 0 Å². The van der Waals surface area contributed by atoms with Gasteiger partial charge in [-0.15, -0.1) is 0 Å². The number of rotatable bonds is 6. The first-order chi connectivity index (χ1) is 26.1. The van der Waals surface area contributed by atoms with Gasteiger partial charge in [0.1, 0.15) is 0 Å². The van der Waals surface area contributed by atoms with Crippen LogP contribution in [0.25, 0.3) is 90.9 Å². The zero-order chi connectivity index (χ0) is 35.7. The summed E-state index contributed by atoms with van der Waals surface area (Å²) < 4.78 is 0. The highest BCUT2D eigenvalue weighted by Crippen LogP contribution is 2.38. The number of aromatic amines is 2. The van der Waals surface area contributed by atoms with Crippen LogP contribution in [0.3, 0.4) is 0 Å². The fourth-order valence-electron chi connectivity index (χ4n) is 7.20. The number of fused-ring (bicyclic) bond motifs is 8. The van der Waals surface area contributed by atoms with E-state index in [0.29, 0.717) is 6.42 Å². The number of anilines is 1. The van der Waals surface area contributed by atoms with Crippen molar-refractivity contribution in [2.24, 2.45) is 0 Å². The molecule has 0 saturated heterocycles. The lowest BCUT2D eigenvalue weighted by atomic mass is 10.0. The normalized spacial score (nSPS) is 11.9. The van der Waals surface area contributed by atoms with Crippen LogP contribution < -0.4 is 5.32 Å². The van der Waals surface area contributed by atoms with E-state index >= 15 is 0 Å². The van der Waals surface area contributed by atoms with E-state index in [2.05, 4.69) is 137 Å². The first kappa shape index (κ1) is 31.9. The van der Waals surface area contributed by atoms with Crippen LogP contribution in [0.2, 0.25) is 0 Å². The summed E-state index contributed by atoms with van der Waals surface area (Å²) in [5, 5.41) is 2.98. The standard InChI is InChI=1S/C47H35N5O/c1-2-43(53)48-34-20-18-33(19-21-34)47-41-28-26-39(51-41)45(31-14-8-4-9-15-31)37-24-22-35(49-37)44(30-12-6-3-7-13-30)36-23-25-38(50-36)46(32-16-10-5-11-17-32)40-27-29-42(47)52-40/h3-29,49,52H,2H2,1H3,(H,48,53). The Morgan fingerprint density at radius 2 is 0.774 bits per heavy atom. The van der Waals surface area contributed by atoms with Crippen molar-refractivity contribution in [1.29, 1.82) is 0 Å². The fraction of sp³-hybridized carbons (Fsp3) is 0.0426. The molecule has 4 aromatic carbocycles. The Hall–Kier alpha value is -7.05. The smallest absolute Gasteiger partial charge is 0.224 e. The van der Waals surface area contributed by atoms with Crippen molar-refractivity contribution >= 4 is 58.0 Å². The van der Waals surface area contributed by atoms with Crippen LogP contribution >= 0.6 is 0 Å². The molecule has 0 atom stereocenters. The molecule has 0 radical (unpaired) electrons. The Bertz CT molecular complexity index is 2690. The molecule has 7 aromatic rings. The molecule has 6 nitrogen and oxygen atoms in total. The van der Waals surface area contributed by atoms with Gasteiger partial charge in [0.15, 0.2) is 0 Å². The molecule has 0 aliphatic carbocycles. The number of benzene rings is 4. The second kappa shape index (κ2) is 13.6. The molecule has 5 heterocycles. The third-order valence-corrected chi connectivity index (χ3v) is 9.72. The summed E-state index contributed by atoms with van der Waals surface area (Å²) in [5.41, 5.74) is 16.1. The number of nitrogens with one attached hydrogen (secondary N) is 3. The first-order valence-corrected chi connectivity index (χ1v) is 17.9. The van der Waals surface area contributed by atoms with Gasteiger partial charge in [0.05, 0.1) is 22.8 Å². The molecule has 9 rings (SSSR count). The molecular weight excluding hydrogens is 651 g/mol. The first-order valence-electron chi connectivity index (χ1n) is 17.9. The number of nitrogens with zero attached hydrogens (tertiary/aromatic N) is 2. The Kier molecular flexibility index (Phi) is 8.18. The Morgan fingerprint density at radius 1 is 0.453 bits per heavy atom. The van der Waals surface area contributed by atoms with Gasteiger partial charge in [-0.3, -0.25) is 4.79 Å². The lowest BCUT2D eigenvalue weighted by Crippen LogP contribution is -2.09. The molecular formula is C47H35N5O. The van der Waals surface area contributed by atoms with E-state index in [1.807, 2.05) is 49.4 Å². The van der Waals surface area contributed by atoms with Gasteiger partial charge in [-0.25, -0.2) is 9.97 Å². The molecule has 6 heteroatoms. The number of carbonyl (C=O) groups is 1. The van der Waals surface area contributed by atoms with Crippen LogP contribution in [-0.4, -0.2) is 25.8 Å². The predicted octanol–water partition coefficient (Wildman–Crippen LogP) is 11.7. The summed E-state index contributed by atoms with van der Waals surface area (Å²) in [6.07, 6.45) is 8.84. The maximum Gasteiger partial charge on any atom is 0.224 e. The molecule has 8 bridgehead atoms. The zero-order valence-electron chi connectivity index (χ0n) is 29.1. The number of H-pyrrole nitrogens is 2. The highest BCUT2D eigenvalue weighted by atomic mass is 16.1. The van der Waals surface area contributed by atoms with E-state index in [0.717, 1.165) is 95.0 Å². The SMILES string of the molecule is CCC(=O)Nc1ccc(-c2c3nc(c(-c4ccccc4)c4ccc([nH]4)c(-c4ccccc4)c4nc(c(-c5ccccc5)c5ccc2[nH]5)C=C4)C=C3)cc1. The topological polar surface area (TPSA) is 86.5 Å². The number of carbonyl (C=O) groups excluding carboxylic acids is 1. The third kappa shape index (κ3) is 6.06. The fourth-order valence-corrected chi connectivity index (χ4v) is 7.20. The number of hydrogen-bond acceptors (Lipinski definition) is 3. The Labute approximate surface area is 307 Å². The minimum absolute atomic E-state index is 0.0235. The van der Waals surface area contributed by atoms with Crippen molar-refractivity contribution in [3.63, 3.8) is 0 Å². The van der Waals surface area contributed by atoms with Crippen LogP contribution in [0.4, 0.5) is 5.69 Å². The van der Waals surface area contributed by atoms with Gasteiger partial charge in [-0.2, -0.15) is 0 Å².